The Bertz CT molecular complexity index is 1170. The SMILES string of the molecule is Cc1cc(C)c2c(=O)c(C[NH+](Cc3ccccc3)Cc3ccccc3)c(C)[nH]c2c1. The Hall–Kier alpha value is -3.17. The number of hydrogen-bond donors (Lipinski definition) is 2. The van der Waals surface area contributed by atoms with Gasteiger partial charge in [0.05, 0.1) is 11.1 Å². The monoisotopic (exact) mass is 397 g/mol. The maximum Gasteiger partial charge on any atom is 0.198 e. The van der Waals surface area contributed by atoms with Crippen LogP contribution in [0, 0.1) is 20.8 Å². The molecule has 0 saturated heterocycles. The van der Waals surface area contributed by atoms with Gasteiger partial charge in [-0.3, -0.25) is 4.79 Å². The number of fused-ring (bicyclic) bond motifs is 1. The number of aromatic nitrogens is 1. The first-order chi connectivity index (χ1) is 14.5. The van der Waals surface area contributed by atoms with E-state index in [1.54, 1.807) is 0 Å². The lowest BCUT2D eigenvalue weighted by molar-refractivity contribution is -0.941. The molecule has 4 aromatic rings. The summed E-state index contributed by atoms with van der Waals surface area (Å²) in [6.07, 6.45) is 0. The van der Waals surface area contributed by atoms with E-state index in [0.29, 0.717) is 6.54 Å². The highest BCUT2D eigenvalue weighted by Crippen LogP contribution is 2.17. The Morgan fingerprint density at radius 3 is 1.90 bits per heavy atom. The minimum absolute atomic E-state index is 0.164. The smallest absolute Gasteiger partial charge is 0.198 e. The van der Waals surface area contributed by atoms with Crippen molar-refractivity contribution in [2.24, 2.45) is 0 Å². The van der Waals surface area contributed by atoms with Crippen LogP contribution in [0.5, 0.6) is 0 Å². The summed E-state index contributed by atoms with van der Waals surface area (Å²) in [6, 6.07) is 25.2. The van der Waals surface area contributed by atoms with Gasteiger partial charge in [-0.15, -0.1) is 0 Å². The van der Waals surface area contributed by atoms with E-state index in [4.69, 9.17) is 0 Å². The first kappa shape index (κ1) is 20.1. The molecule has 152 valence electrons. The number of quaternary nitrogens is 1. The molecule has 0 atom stereocenters. The Labute approximate surface area is 178 Å². The fraction of sp³-hybridized carbons (Fsp3) is 0.222. The molecule has 0 bridgehead atoms. The van der Waals surface area contributed by atoms with Crippen LogP contribution in [0.2, 0.25) is 0 Å². The lowest BCUT2D eigenvalue weighted by Crippen LogP contribution is -3.08. The zero-order valence-electron chi connectivity index (χ0n) is 18.0. The minimum Gasteiger partial charge on any atom is -0.358 e. The summed E-state index contributed by atoms with van der Waals surface area (Å²) < 4.78 is 0. The van der Waals surface area contributed by atoms with Crippen LogP contribution in [-0.4, -0.2) is 4.98 Å². The first-order valence-electron chi connectivity index (χ1n) is 10.6. The van der Waals surface area contributed by atoms with Crippen molar-refractivity contribution in [3.8, 4) is 0 Å². The molecular weight excluding hydrogens is 368 g/mol. The molecule has 3 heteroatoms. The maximum atomic E-state index is 13.5. The third-order valence-electron chi connectivity index (χ3n) is 5.78. The van der Waals surface area contributed by atoms with Crippen LogP contribution in [0.1, 0.15) is 33.5 Å². The van der Waals surface area contributed by atoms with Gasteiger partial charge in [-0.2, -0.15) is 0 Å². The van der Waals surface area contributed by atoms with E-state index < -0.39 is 0 Å². The van der Waals surface area contributed by atoms with E-state index in [9.17, 15) is 4.79 Å². The molecule has 4 rings (SSSR count). The average Bonchev–Trinajstić information content (AvgIpc) is 2.72. The minimum atomic E-state index is 0.164. The topological polar surface area (TPSA) is 37.3 Å². The molecule has 2 N–H and O–H groups in total. The quantitative estimate of drug-likeness (QED) is 0.502. The summed E-state index contributed by atoms with van der Waals surface area (Å²) in [5.74, 6) is 0. The summed E-state index contributed by atoms with van der Waals surface area (Å²) >= 11 is 0. The van der Waals surface area contributed by atoms with Crippen LogP contribution in [0.4, 0.5) is 0 Å². The van der Waals surface area contributed by atoms with Gasteiger partial charge in [0.15, 0.2) is 5.43 Å². The van der Waals surface area contributed by atoms with Gasteiger partial charge in [-0.1, -0.05) is 66.7 Å². The number of aryl methyl sites for hydroxylation is 3. The van der Waals surface area contributed by atoms with Crippen molar-refractivity contribution in [2.75, 3.05) is 0 Å². The van der Waals surface area contributed by atoms with Gasteiger partial charge in [0, 0.05) is 22.2 Å². The fourth-order valence-electron chi connectivity index (χ4n) is 4.39. The van der Waals surface area contributed by atoms with Crippen molar-refractivity contribution in [2.45, 2.75) is 40.4 Å². The van der Waals surface area contributed by atoms with E-state index in [1.165, 1.54) is 21.6 Å². The van der Waals surface area contributed by atoms with E-state index in [1.807, 2.05) is 26.0 Å². The molecule has 0 aliphatic carbocycles. The van der Waals surface area contributed by atoms with Crippen molar-refractivity contribution in [3.63, 3.8) is 0 Å². The van der Waals surface area contributed by atoms with Gasteiger partial charge in [0.2, 0.25) is 0 Å². The van der Waals surface area contributed by atoms with Crippen LogP contribution < -0.4 is 10.3 Å². The Morgan fingerprint density at radius 2 is 1.33 bits per heavy atom. The molecule has 0 radical (unpaired) electrons. The van der Waals surface area contributed by atoms with Crippen molar-refractivity contribution in [3.05, 3.63) is 117 Å². The summed E-state index contributed by atoms with van der Waals surface area (Å²) in [5, 5.41) is 0.819. The van der Waals surface area contributed by atoms with Gasteiger partial charge < -0.3 is 9.88 Å². The summed E-state index contributed by atoms with van der Waals surface area (Å²) in [4.78, 5) is 18.3. The number of aromatic amines is 1. The highest BCUT2D eigenvalue weighted by Gasteiger charge is 2.18. The number of pyridine rings is 1. The molecule has 0 aliphatic rings. The second-order valence-corrected chi connectivity index (χ2v) is 8.31. The van der Waals surface area contributed by atoms with Gasteiger partial charge in [0.25, 0.3) is 0 Å². The van der Waals surface area contributed by atoms with E-state index >= 15 is 0 Å². The predicted molar refractivity (Wildman–Crippen MR) is 124 cm³/mol. The molecule has 0 amide bonds. The highest BCUT2D eigenvalue weighted by molar-refractivity contribution is 5.83. The molecule has 0 unspecified atom stereocenters. The van der Waals surface area contributed by atoms with Crippen molar-refractivity contribution < 1.29 is 4.90 Å². The van der Waals surface area contributed by atoms with Crippen LogP contribution in [0.15, 0.2) is 77.6 Å². The molecule has 0 aliphatic heterocycles. The molecule has 0 fully saturated rings. The molecule has 1 heterocycles. The number of benzene rings is 3. The van der Waals surface area contributed by atoms with Crippen LogP contribution in [0.25, 0.3) is 10.9 Å². The van der Waals surface area contributed by atoms with Gasteiger partial charge in [-0.05, 0) is 38.0 Å². The molecule has 30 heavy (non-hydrogen) atoms. The number of H-pyrrole nitrogens is 1. The number of nitrogens with one attached hydrogen (secondary N) is 2. The molecular formula is C27H29N2O+. The largest absolute Gasteiger partial charge is 0.358 e. The molecule has 0 saturated carbocycles. The zero-order chi connectivity index (χ0) is 21.1. The number of hydrogen-bond acceptors (Lipinski definition) is 1. The molecule has 0 spiro atoms. The van der Waals surface area contributed by atoms with Crippen LogP contribution in [0.3, 0.4) is 0 Å². The average molecular weight is 398 g/mol. The Morgan fingerprint density at radius 1 is 0.767 bits per heavy atom. The Balaban J connectivity index is 1.73. The second-order valence-electron chi connectivity index (χ2n) is 8.31. The van der Waals surface area contributed by atoms with Crippen molar-refractivity contribution in [1.82, 2.24) is 4.98 Å². The molecule has 3 aromatic carbocycles. The van der Waals surface area contributed by atoms with Crippen molar-refractivity contribution in [1.29, 1.82) is 0 Å². The zero-order valence-corrected chi connectivity index (χ0v) is 18.0. The first-order valence-corrected chi connectivity index (χ1v) is 10.6. The number of rotatable bonds is 6. The van der Waals surface area contributed by atoms with Crippen LogP contribution >= 0.6 is 0 Å². The van der Waals surface area contributed by atoms with E-state index in [2.05, 4.69) is 72.6 Å². The standard InChI is InChI=1S/C27H28N2O/c1-19-14-20(2)26-25(15-19)28-21(3)24(27(26)30)18-29(16-22-10-6-4-7-11-22)17-23-12-8-5-9-13-23/h4-15H,16-18H2,1-3H3,(H,28,30)/p+1. The van der Waals surface area contributed by atoms with Gasteiger partial charge >= 0.3 is 0 Å². The lowest BCUT2D eigenvalue weighted by Gasteiger charge is -2.21. The van der Waals surface area contributed by atoms with Crippen LogP contribution in [-0.2, 0) is 19.6 Å². The lowest BCUT2D eigenvalue weighted by atomic mass is 10.0. The Kier molecular flexibility index (Phi) is 5.82. The van der Waals surface area contributed by atoms with Crippen molar-refractivity contribution >= 4 is 10.9 Å². The normalized spacial score (nSPS) is 11.3. The highest BCUT2D eigenvalue weighted by atomic mass is 16.1. The second kappa shape index (κ2) is 8.68. The van der Waals surface area contributed by atoms with Gasteiger partial charge in [0.1, 0.15) is 19.6 Å². The third-order valence-corrected chi connectivity index (χ3v) is 5.78. The van der Waals surface area contributed by atoms with E-state index in [-0.39, 0.29) is 5.43 Å². The maximum absolute atomic E-state index is 13.5. The molecule has 1 aromatic heterocycles. The summed E-state index contributed by atoms with van der Waals surface area (Å²) in [7, 11) is 0. The fourth-order valence-corrected chi connectivity index (χ4v) is 4.39. The summed E-state index contributed by atoms with van der Waals surface area (Å²) in [5.41, 5.74) is 7.73. The predicted octanol–water partition coefficient (Wildman–Crippen LogP) is 4.24. The summed E-state index contributed by atoms with van der Waals surface area (Å²) in [6.45, 7) is 8.56. The third kappa shape index (κ3) is 4.37. The van der Waals surface area contributed by atoms with E-state index in [0.717, 1.165) is 40.8 Å². The molecule has 3 nitrogen and oxygen atoms in total. The van der Waals surface area contributed by atoms with Gasteiger partial charge in [-0.25, -0.2) is 0 Å².